The van der Waals surface area contributed by atoms with Crippen molar-refractivity contribution in [2.75, 3.05) is 6.54 Å². The van der Waals surface area contributed by atoms with Crippen molar-refractivity contribution in [1.82, 2.24) is 20.1 Å². The van der Waals surface area contributed by atoms with Gasteiger partial charge in [0.05, 0.1) is 0 Å². The van der Waals surface area contributed by atoms with Crippen molar-refractivity contribution in [3.63, 3.8) is 0 Å². The van der Waals surface area contributed by atoms with E-state index in [9.17, 15) is 0 Å². The van der Waals surface area contributed by atoms with Crippen molar-refractivity contribution < 1.29 is 0 Å². The summed E-state index contributed by atoms with van der Waals surface area (Å²) in [7, 11) is 1.90. The molecular weight excluding hydrogens is 316 g/mol. The lowest BCUT2D eigenvalue weighted by atomic mass is 9.76. The Balaban J connectivity index is 1.40. The number of hydrogen-bond donors (Lipinski definition) is 1. The topological polar surface area (TPSA) is 42.7 Å². The Labute approximate surface area is 127 Å². The Morgan fingerprint density at radius 2 is 2.25 bits per heavy atom. The number of benzene rings is 1. The molecule has 0 spiro atoms. The molecule has 0 unspecified atom stereocenters. The molecule has 1 fully saturated rings. The van der Waals surface area contributed by atoms with Gasteiger partial charge in [0.25, 0.3) is 0 Å². The van der Waals surface area contributed by atoms with E-state index >= 15 is 0 Å². The molecule has 4 nitrogen and oxygen atoms in total. The van der Waals surface area contributed by atoms with Crippen molar-refractivity contribution in [3.05, 3.63) is 46.5 Å². The Hall–Kier alpha value is -1.20. The second-order valence-corrected chi connectivity index (χ2v) is 6.37. The zero-order valence-corrected chi connectivity index (χ0v) is 13.2. The number of halogens is 1. The van der Waals surface area contributed by atoms with Gasteiger partial charge in [-0.05, 0) is 36.5 Å². The Morgan fingerprint density at radius 3 is 2.95 bits per heavy atom. The molecule has 1 heterocycles. The van der Waals surface area contributed by atoms with Crippen molar-refractivity contribution in [2.24, 2.45) is 7.05 Å². The van der Waals surface area contributed by atoms with Crippen LogP contribution in [0.1, 0.15) is 30.1 Å². The van der Waals surface area contributed by atoms with E-state index in [0.717, 1.165) is 18.8 Å². The van der Waals surface area contributed by atoms with Gasteiger partial charge < -0.3 is 5.32 Å². The molecule has 1 aliphatic carbocycles. The molecule has 1 aromatic carbocycles. The van der Waals surface area contributed by atoms with E-state index in [4.69, 9.17) is 0 Å². The molecule has 5 heteroatoms. The second kappa shape index (κ2) is 6.06. The molecule has 20 heavy (non-hydrogen) atoms. The molecule has 1 aliphatic rings. The van der Waals surface area contributed by atoms with Crippen LogP contribution >= 0.6 is 15.9 Å². The van der Waals surface area contributed by atoms with Crippen molar-refractivity contribution in [1.29, 1.82) is 0 Å². The van der Waals surface area contributed by atoms with E-state index in [-0.39, 0.29) is 0 Å². The monoisotopic (exact) mass is 334 g/mol. The minimum atomic E-state index is 0.641. The van der Waals surface area contributed by atoms with Gasteiger partial charge in [-0.15, -0.1) is 0 Å². The maximum absolute atomic E-state index is 4.28. The predicted molar refractivity (Wildman–Crippen MR) is 82.6 cm³/mol. The molecular formula is C15H19BrN4. The minimum Gasteiger partial charge on any atom is -0.313 e. The molecule has 0 saturated heterocycles. The van der Waals surface area contributed by atoms with Gasteiger partial charge in [0, 0.05) is 30.5 Å². The summed E-state index contributed by atoms with van der Waals surface area (Å²) >= 11 is 3.54. The number of nitrogens with zero attached hydrogens (tertiary/aromatic N) is 3. The van der Waals surface area contributed by atoms with Crippen molar-refractivity contribution in [2.45, 2.75) is 31.2 Å². The van der Waals surface area contributed by atoms with Gasteiger partial charge in [0.15, 0.2) is 5.82 Å². The average molecular weight is 335 g/mol. The van der Waals surface area contributed by atoms with Crippen LogP contribution in [0.5, 0.6) is 0 Å². The third kappa shape index (κ3) is 3.27. The van der Waals surface area contributed by atoms with E-state index in [2.05, 4.69) is 55.6 Å². The minimum absolute atomic E-state index is 0.641. The summed E-state index contributed by atoms with van der Waals surface area (Å²) in [6.07, 6.45) is 5.11. The highest BCUT2D eigenvalue weighted by molar-refractivity contribution is 9.10. The van der Waals surface area contributed by atoms with Crippen LogP contribution in [-0.2, 0) is 13.5 Å². The third-order valence-corrected chi connectivity index (χ3v) is 4.38. The molecule has 3 rings (SSSR count). The Morgan fingerprint density at radius 1 is 1.40 bits per heavy atom. The summed E-state index contributed by atoms with van der Waals surface area (Å²) < 4.78 is 2.93. The molecule has 0 amide bonds. The molecule has 2 aromatic rings. The lowest BCUT2D eigenvalue weighted by Crippen LogP contribution is -2.41. The number of nitrogens with one attached hydrogen (secondary N) is 1. The highest BCUT2D eigenvalue weighted by Gasteiger charge is 2.29. The zero-order chi connectivity index (χ0) is 13.9. The SMILES string of the molecule is Cn1cnc(CCNC2CC(c3cccc(Br)c3)C2)n1. The van der Waals surface area contributed by atoms with Gasteiger partial charge in [0.1, 0.15) is 6.33 Å². The largest absolute Gasteiger partial charge is 0.313 e. The van der Waals surface area contributed by atoms with Crippen molar-refractivity contribution in [3.8, 4) is 0 Å². The average Bonchev–Trinajstić information content (AvgIpc) is 2.78. The number of hydrogen-bond acceptors (Lipinski definition) is 3. The molecule has 0 aliphatic heterocycles. The quantitative estimate of drug-likeness (QED) is 0.914. The fraction of sp³-hybridized carbons (Fsp3) is 0.467. The van der Waals surface area contributed by atoms with Crippen LogP contribution in [0, 0.1) is 0 Å². The van der Waals surface area contributed by atoms with Crippen LogP contribution in [0.4, 0.5) is 0 Å². The number of aryl methyl sites for hydroxylation is 1. The van der Waals surface area contributed by atoms with Crippen LogP contribution in [0.25, 0.3) is 0 Å². The van der Waals surface area contributed by atoms with Gasteiger partial charge in [-0.1, -0.05) is 28.1 Å². The summed E-state index contributed by atoms with van der Waals surface area (Å²) in [5, 5.41) is 7.87. The number of aromatic nitrogens is 3. The second-order valence-electron chi connectivity index (χ2n) is 5.46. The van der Waals surface area contributed by atoms with Gasteiger partial charge in [0.2, 0.25) is 0 Å². The van der Waals surface area contributed by atoms with E-state index < -0.39 is 0 Å². The van der Waals surface area contributed by atoms with E-state index in [0.29, 0.717) is 12.0 Å². The molecule has 1 N–H and O–H groups in total. The van der Waals surface area contributed by atoms with Gasteiger partial charge >= 0.3 is 0 Å². The predicted octanol–water partition coefficient (Wildman–Crippen LogP) is 2.66. The highest BCUT2D eigenvalue weighted by Crippen LogP contribution is 2.37. The molecule has 106 valence electrons. The van der Waals surface area contributed by atoms with E-state index in [1.165, 1.54) is 22.9 Å². The van der Waals surface area contributed by atoms with Crippen LogP contribution in [0.2, 0.25) is 0 Å². The fourth-order valence-corrected chi connectivity index (χ4v) is 3.12. The van der Waals surface area contributed by atoms with E-state index in [1.807, 2.05) is 7.05 Å². The summed E-state index contributed by atoms with van der Waals surface area (Å²) in [6, 6.07) is 9.30. The van der Waals surface area contributed by atoms with Crippen LogP contribution < -0.4 is 5.32 Å². The zero-order valence-electron chi connectivity index (χ0n) is 11.6. The summed E-state index contributed by atoms with van der Waals surface area (Å²) in [5.41, 5.74) is 1.45. The first-order valence-electron chi connectivity index (χ1n) is 7.04. The fourth-order valence-electron chi connectivity index (χ4n) is 2.70. The summed E-state index contributed by atoms with van der Waals surface area (Å²) in [4.78, 5) is 4.24. The number of rotatable bonds is 5. The van der Waals surface area contributed by atoms with Gasteiger partial charge in [-0.25, -0.2) is 4.98 Å². The highest BCUT2D eigenvalue weighted by atomic mass is 79.9. The van der Waals surface area contributed by atoms with E-state index in [1.54, 1.807) is 11.0 Å². The summed E-state index contributed by atoms with van der Waals surface area (Å²) in [5.74, 6) is 1.63. The van der Waals surface area contributed by atoms with Crippen LogP contribution in [0.3, 0.4) is 0 Å². The summed E-state index contributed by atoms with van der Waals surface area (Å²) in [6.45, 7) is 0.958. The first kappa shape index (κ1) is 13.8. The van der Waals surface area contributed by atoms with Crippen molar-refractivity contribution >= 4 is 15.9 Å². The lowest BCUT2D eigenvalue weighted by Gasteiger charge is -2.36. The maximum atomic E-state index is 4.28. The third-order valence-electron chi connectivity index (χ3n) is 3.89. The molecule has 0 radical (unpaired) electrons. The van der Waals surface area contributed by atoms with Gasteiger partial charge in [-0.2, -0.15) is 5.10 Å². The Kier molecular flexibility index (Phi) is 4.17. The normalized spacial score (nSPS) is 21.7. The standard InChI is InChI=1S/C15H19BrN4/c1-20-10-18-15(19-20)5-6-17-14-8-12(9-14)11-3-2-4-13(16)7-11/h2-4,7,10,12,14,17H,5-6,8-9H2,1H3. The molecule has 1 saturated carbocycles. The first-order valence-corrected chi connectivity index (χ1v) is 7.83. The Bertz CT molecular complexity index is 575. The van der Waals surface area contributed by atoms with Crippen LogP contribution in [-0.4, -0.2) is 27.4 Å². The van der Waals surface area contributed by atoms with Gasteiger partial charge in [-0.3, -0.25) is 4.68 Å². The van der Waals surface area contributed by atoms with Crippen LogP contribution in [0.15, 0.2) is 35.1 Å². The lowest BCUT2D eigenvalue weighted by molar-refractivity contribution is 0.292. The molecule has 0 bridgehead atoms. The smallest absolute Gasteiger partial charge is 0.151 e. The maximum Gasteiger partial charge on any atom is 0.151 e. The molecule has 1 aromatic heterocycles. The first-order chi connectivity index (χ1) is 9.70. The molecule has 0 atom stereocenters.